The number of anilines is 1. The van der Waals surface area contributed by atoms with Gasteiger partial charge in [-0.05, 0) is 30.7 Å². The lowest BCUT2D eigenvalue weighted by molar-refractivity contribution is 0.782. The number of nitrogen functional groups attached to an aromatic ring is 1. The molecule has 4 nitrogen and oxygen atoms in total. The van der Waals surface area contributed by atoms with Crippen molar-refractivity contribution in [2.75, 3.05) is 5.73 Å². The van der Waals surface area contributed by atoms with Crippen LogP contribution in [0.4, 0.5) is 5.82 Å². The molecule has 2 heterocycles. The van der Waals surface area contributed by atoms with Gasteiger partial charge in [-0.3, -0.25) is 9.67 Å². The fraction of sp³-hybridized carbons (Fsp3) is 0.125. The maximum Gasteiger partial charge on any atom is 0.129 e. The summed E-state index contributed by atoms with van der Waals surface area (Å²) in [6.45, 7) is 2.07. The van der Waals surface area contributed by atoms with Gasteiger partial charge in [-0.2, -0.15) is 5.10 Å². The topological polar surface area (TPSA) is 56.7 Å². The van der Waals surface area contributed by atoms with E-state index in [9.17, 15) is 0 Å². The van der Waals surface area contributed by atoms with Crippen molar-refractivity contribution in [3.8, 4) is 22.4 Å². The number of rotatable bonds is 2. The fourth-order valence-corrected chi connectivity index (χ4v) is 2.73. The molecule has 0 radical (unpaired) electrons. The molecular formula is C16H15BrN4. The number of aryl methyl sites for hydroxylation is 2. The Hall–Kier alpha value is -2.14. The average Bonchev–Trinajstić information content (AvgIpc) is 2.78. The van der Waals surface area contributed by atoms with E-state index in [1.807, 2.05) is 31.4 Å². The molecule has 3 rings (SSSR count). The van der Waals surface area contributed by atoms with Gasteiger partial charge in [0.25, 0.3) is 0 Å². The minimum absolute atomic E-state index is 0.636. The first-order valence-corrected chi connectivity index (χ1v) is 7.36. The maximum atomic E-state index is 6.22. The van der Waals surface area contributed by atoms with Gasteiger partial charge in [-0.1, -0.05) is 28.1 Å². The average molecular weight is 343 g/mol. The van der Waals surface area contributed by atoms with E-state index in [1.54, 1.807) is 10.9 Å². The summed E-state index contributed by atoms with van der Waals surface area (Å²) in [6, 6.07) is 10.1. The van der Waals surface area contributed by atoms with E-state index < -0.39 is 0 Å². The monoisotopic (exact) mass is 342 g/mol. The molecule has 0 saturated heterocycles. The van der Waals surface area contributed by atoms with Crippen LogP contribution in [-0.4, -0.2) is 14.8 Å². The Bertz CT molecular complexity index is 794. The molecule has 0 saturated carbocycles. The van der Waals surface area contributed by atoms with Crippen LogP contribution in [0.25, 0.3) is 22.4 Å². The molecule has 5 heteroatoms. The van der Waals surface area contributed by atoms with Gasteiger partial charge in [0, 0.05) is 35.0 Å². The molecule has 3 aromatic rings. The standard InChI is InChI=1S/C16H15BrN4/c1-10-5-6-12(17)8-13(10)15-14(16(18)21(2)20-15)11-4-3-7-19-9-11/h3-9H,18H2,1-2H3. The van der Waals surface area contributed by atoms with Crippen LogP contribution in [0.15, 0.2) is 47.2 Å². The number of hydrogen-bond donors (Lipinski definition) is 1. The summed E-state index contributed by atoms with van der Waals surface area (Å²) in [5, 5.41) is 4.60. The number of nitrogens with zero attached hydrogens (tertiary/aromatic N) is 3. The molecule has 0 unspecified atom stereocenters. The summed E-state index contributed by atoms with van der Waals surface area (Å²) in [6.07, 6.45) is 3.56. The highest BCUT2D eigenvalue weighted by Crippen LogP contribution is 2.37. The molecule has 0 aliphatic heterocycles. The Morgan fingerprint density at radius 1 is 1.24 bits per heavy atom. The molecule has 0 amide bonds. The molecule has 0 aliphatic rings. The van der Waals surface area contributed by atoms with E-state index in [0.29, 0.717) is 5.82 Å². The van der Waals surface area contributed by atoms with Crippen molar-refractivity contribution in [1.82, 2.24) is 14.8 Å². The van der Waals surface area contributed by atoms with Crippen molar-refractivity contribution < 1.29 is 0 Å². The van der Waals surface area contributed by atoms with Gasteiger partial charge in [0.05, 0.1) is 5.56 Å². The van der Waals surface area contributed by atoms with E-state index in [4.69, 9.17) is 5.73 Å². The Morgan fingerprint density at radius 2 is 2.05 bits per heavy atom. The summed E-state index contributed by atoms with van der Waals surface area (Å²) in [4.78, 5) is 4.18. The lowest BCUT2D eigenvalue weighted by atomic mass is 9.99. The zero-order valence-corrected chi connectivity index (χ0v) is 13.4. The van der Waals surface area contributed by atoms with Gasteiger partial charge < -0.3 is 5.73 Å². The molecule has 0 bridgehead atoms. The number of nitrogens with two attached hydrogens (primary N) is 1. The van der Waals surface area contributed by atoms with Crippen LogP contribution in [-0.2, 0) is 7.05 Å². The summed E-state index contributed by atoms with van der Waals surface area (Å²) < 4.78 is 2.72. The molecule has 0 aliphatic carbocycles. The predicted molar refractivity (Wildman–Crippen MR) is 88.7 cm³/mol. The molecule has 0 atom stereocenters. The highest BCUT2D eigenvalue weighted by Gasteiger charge is 2.18. The first kappa shape index (κ1) is 13.8. The predicted octanol–water partition coefficient (Wildman–Crippen LogP) is 3.80. The molecule has 0 fully saturated rings. The van der Waals surface area contributed by atoms with Crippen molar-refractivity contribution in [3.63, 3.8) is 0 Å². The highest BCUT2D eigenvalue weighted by atomic mass is 79.9. The van der Waals surface area contributed by atoms with Crippen LogP contribution >= 0.6 is 15.9 Å². The number of hydrogen-bond acceptors (Lipinski definition) is 3. The normalized spacial score (nSPS) is 10.8. The second-order valence-electron chi connectivity index (χ2n) is 4.93. The number of aromatic nitrogens is 3. The van der Waals surface area contributed by atoms with E-state index in [2.05, 4.69) is 45.1 Å². The van der Waals surface area contributed by atoms with Crippen molar-refractivity contribution >= 4 is 21.7 Å². The van der Waals surface area contributed by atoms with Gasteiger partial charge in [-0.15, -0.1) is 0 Å². The molecule has 21 heavy (non-hydrogen) atoms. The van der Waals surface area contributed by atoms with Crippen LogP contribution < -0.4 is 5.73 Å². The Balaban J connectivity index is 2.29. The largest absolute Gasteiger partial charge is 0.383 e. The lowest BCUT2D eigenvalue weighted by Crippen LogP contribution is -1.98. The Labute approximate surface area is 131 Å². The number of pyridine rings is 1. The summed E-state index contributed by atoms with van der Waals surface area (Å²) >= 11 is 3.52. The van der Waals surface area contributed by atoms with Crippen LogP contribution in [0.2, 0.25) is 0 Å². The Kier molecular flexibility index (Phi) is 3.51. The van der Waals surface area contributed by atoms with Crippen LogP contribution in [0.5, 0.6) is 0 Å². The number of halogens is 1. The minimum atomic E-state index is 0.636. The first-order chi connectivity index (χ1) is 10.1. The second kappa shape index (κ2) is 5.33. The molecule has 0 spiro atoms. The van der Waals surface area contributed by atoms with Crippen LogP contribution in [0.3, 0.4) is 0 Å². The van der Waals surface area contributed by atoms with Gasteiger partial charge >= 0.3 is 0 Å². The summed E-state index contributed by atoms with van der Waals surface area (Å²) in [5.74, 6) is 0.636. The smallest absolute Gasteiger partial charge is 0.129 e. The Morgan fingerprint density at radius 3 is 2.76 bits per heavy atom. The van der Waals surface area contributed by atoms with Crippen LogP contribution in [0.1, 0.15) is 5.56 Å². The van der Waals surface area contributed by atoms with Gasteiger partial charge in [0.1, 0.15) is 11.5 Å². The van der Waals surface area contributed by atoms with Crippen molar-refractivity contribution in [2.45, 2.75) is 6.92 Å². The van der Waals surface area contributed by atoms with Crippen molar-refractivity contribution in [2.24, 2.45) is 7.05 Å². The number of benzene rings is 1. The van der Waals surface area contributed by atoms with Crippen molar-refractivity contribution in [1.29, 1.82) is 0 Å². The van der Waals surface area contributed by atoms with Gasteiger partial charge in [0.15, 0.2) is 0 Å². The molecule has 2 N–H and O–H groups in total. The first-order valence-electron chi connectivity index (χ1n) is 6.57. The zero-order chi connectivity index (χ0) is 15.0. The van der Waals surface area contributed by atoms with Crippen molar-refractivity contribution in [3.05, 3.63) is 52.8 Å². The van der Waals surface area contributed by atoms with Gasteiger partial charge in [0.2, 0.25) is 0 Å². The fourth-order valence-electron chi connectivity index (χ4n) is 2.37. The molecular weight excluding hydrogens is 328 g/mol. The van der Waals surface area contributed by atoms with E-state index in [-0.39, 0.29) is 0 Å². The molecule has 106 valence electrons. The maximum absolute atomic E-state index is 6.22. The van der Waals surface area contributed by atoms with Gasteiger partial charge in [-0.25, -0.2) is 0 Å². The zero-order valence-electron chi connectivity index (χ0n) is 11.8. The SMILES string of the molecule is Cc1ccc(Br)cc1-c1nn(C)c(N)c1-c1cccnc1. The third-order valence-electron chi connectivity index (χ3n) is 3.50. The minimum Gasteiger partial charge on any atom is -0.383 e. The third-order valence-corrected chi connectivity index (χ3v) is 3.99. The van der Waals surface area contributed by atoms with E-state index >= 15 is 0 Å². The quantitative estimate of drug-likeness (QED) is 0.770. The molecule has 2 aromatic heterocycles. The third kappa shape index (κ3) is 2.45. The summed E-state index contributed by atoms with van der Waals surface area (Å²) in [5.41, 5.74) is 11.2. The van der Waals surface area contributed by atoms with E-state index in [1.165, 1.54) is 0 Å². The van der Waals surface area contributed by atoms with Crippen LogP contribution in [0, 0.1) is 6.92 Å². The highest BCUT2D eigenvalue weighted by molar-refractivity contribution is 9.10. The second-order valence-corrected chi connectivity index (χ2v) is 5.85. The summed E-state index contributed by atoms with van der Waals surface area (Å²) in [7, 11) is 1.85. The molecule has 1 aromatic carbocycles. The lowest BCUT2D eigenvalue weighted by Gasteiger charge is -2.07. The van der Waals surface area contributed by atoms with E-state index in [0.717, 1.165) is 32.4 Å².